The molecule has 0 aliphatic rings. The van der Waals surface area contributed by atoms with Crippen LogP contribution in [0.5, 0.6) is 11.6 Å². The van der Waals surface area contributed by atoms with Crippen LogP contribution in [0, 0.1) is 36.4 Å². The summed E-state index contributed by atoms with van der Waals surface area (Å²) < 4.78 is 84.8. The lowest BCUT2D eigenvalue weighted by atomic mass is 10.1. The van der Waals surface area contributed by atoms with Gasteiger partial charge in [-0.3, -0.25) is 0 Å². The number of benzene rings is 2. The molecule has 2 aromatic carbocycles. The Kier molecular flexibility index (Phi) is 2.86. The van der Waals surface area contributed by atoms with Gasteiger partial charge in [-0.05, 0) is 77.1 Å². The molecule has 3 rings (SSSR count). The van der Waals surface area contributed by atoms with E-state index in [1.807, 2.05) is 0 Å². The van der Waals surface area contributed by atoms with Crippen molar-refractivity contribution in [1.82, 2.24) is 9.97 Å². The van der Waals surface area contributed by atoms with Crippen molar-refractivity contribution in [3.63, 3.8) is 0 Å². The van der Waals surface area contributed by atoms with Gasteiger partial charge in [0.1, 0.15) is 16.0 Å². The second-order valence-electron chi connectivity index (χ2n) is 5.11. The van der Waals surface area contributed by atoms with Crippen LogP contribution in [0.2, 0.25) is 0 Å². The van der Waals surface area contributed by atoms with Gasteiger partial charge in [-0.1, -0.05) is 0 Å². The lowest BCUT2D eigenvalue weighted by Crippen LogP contribution is -2.04. The van der Waals surface area contributed by atoms with Crippen LogP contribution < -0.4 is 15.8 Å². The van der Waals surface area contributed by atoms with Gasteiger partial charge in [-0.2, -0.15) is 20.5 Å². The van der Waals surface area contributed by atoms with Crippen LogP contribution in [-0.4, -0.2) is 9.97 Å². The normalized spacial score (nSPS) is 16.1. The van der Waals surface area contributed by atoms with Gasteiger partial charge in [0.05, 0.1) is 28.7 Å². The van der Waals surface area contributed by atoms with Crippen LogP contribution in [-0.2, 0) is 0 Å². The van der Waals surface area contributed by atoms with Crippen molar-refractivity contribution in [2.75, 3.05) is 11.1 Å². The summed E-state index contributed by atoms with van der Waals surface area (Å²) in [6, 6.07) is 3.37. The number of nitrogens with zero attached hydrogens (tertiary/aromatic N) is 4. The highest BCUT2D eigenvalue weighted by Gasteiger charge is 2.16. The van der Waals surface area contributed by atoms with Crippen molar-refractivity contribution in [3.05, 3.63) is 63.0 Å². The molecule has 1 aromatic heterocycles. The number of rotatable bonds is 4. The highest BCUT2D eigenvalue weighted by Crippen LogP contribution is 2.36. The number of aromatic nitrogens is 2. The number of nitrogens with one attached hydrogen (secondary N) is 1. The minimum atomic E-state index is -3.13. The van der Waals surface area contributed by atoms with Gasteiger partial charge in [-0.15, -0.1) is 0 Å². The van der Waals surface area contributed by atoms with Crippen LogP contribution in [0.3, 0.4) is 0 Å². The van der Waals surface area contributed by atoms with Gasteiger partial charge in [0, 0.05) is 13.9 Å². The van der Waals surface area contributed by atoms with E-state index in [0.717, 1.165) is 0 Å². The number of hydrogen-bond donors (Lipinski definition) is 2. The molecule has 0 amide bonds. The van der Waals surface area contributed by atoms with E-state index in [1.54, 1.807) is 6.07 Å². The predicted molar refractivity (Wildman–Crippen MR) is 109 cm³/mol. The molecule has 0 spiro atoms. The number of hydrogen-bond acceptors (Lipinski definition) is 7. The standard InChI is InChI=1S/C20H15BrN6O/c1-11-7-14(10-23)8-12(2)17(11)28-19-16(21)18(24)26-20(27-19)25-15-5-3-13(9-22)4-6-15/h3-8H,1-2H3,(H3,24,25,26,27)/i1D3,2D3,3D,4D,7D,8D. The van der Waals surface area contributed by atoms with Gasteiger partial charge >= 0.3 is 0 Å². The molecule has 8 heteroatoms. The van der Waals surface area contributed by atoms with E-state index in [4.69, 9.17) is 29.4 Å². The quantitative estimate of drug-likeness (QED) is 0.596. The average Bonchev–Trinajstić information content (AvgIpc) is 2.75. The van der Waals surface area contributed by atoms with Crippen LogP contribution in [0.1, 0.15) is 36.0 Å². The van der Waals surface area contributed by atoms with Crippen molar-refractivity contribution < 1.29 is 18.4 Å². The molecule has 0 aliphatic carbocycles. The molecule has 0 aliphatic heterocycles. The molecule has 0 atom stereocenters. The third-order valence-corrected chi connectivity index (χ3v) is 3.97. The highest BCUT2D eigenvalue weighted by molar-refractivity contribution is 9.10. The van der Waals surface area contributed by atoms with E-state index < -0.39 is 54.1 Å². The third-order valence-electron chi connectivity index (χ3n) is 3.22. The fraction of sp³-hybridized carbons (Fsp3) is 0.100. The predicted octanol–water partition coefficient (Wildman–Crippen LogP) is 4.72. The topological polar surface area (TPSA) is 121 Å². The number of ether oxygens (including phenoxy) is 1. The Balaban J connectivity index is 2.25. The average molecular weight is 445 g/mol. The monoisotopic (exact) mass is 444 g/mol. The minimum Gasteiger partial charge on any atom is -0.437 e. The van der Waals surface area contributed by atoms with Crippen LogP contribution in [0.4, 0.5) is 17.5 Å². The third kappa shape index (κ3) is 4.03. The Morgan fingerprint density at radius 2 is 1.79 bits per heavy atom. The molecule has 0 fully saturated rings. The Morgan fingerprint density at radius 1 is 1.14 bits per heavy atom. The number of halogens is 1. The Morgan fingerprint density at radius 3 is 2.36 bits per heavy atom. The molecule has 3 aromatic rings. The van der Waals surface area contributed by atoms with E-state index in [1.165, 1.54) is 18.2 Å². The number of nitriles is 2. The van der Waals surface area contributed by atoms with Gasteiger partial charge in [0.25, 0.3) is 0 Å². The van der Waals surface area contributed by atoms with Gasteiger partial charge < -0.3 is 15.8 Å². The van der Waals surface area contributed by atoms with Crippen LogP contribution in [0.25, 0.3) is 0 Å². The molecular formula is C20H15BrN6O. The smallest absolute Gasteiger partial charge is 0.240 e. The molecule has 138 valence electrons. The van der Waals surface area contributed by atoms with Crippen molar-refractivity contribution in [1.29, 1.82) is 10.5 Å². The fourth-order valence-electron chi connectivity index (χ4n) is 1.99. The lowest BCUT2D eigenvalue weighted by Gasteiger charge is -2.14. The maximum atomic E-state index is 9.39. The number of nitrogen functional groups attached to an aromatic ring is 1. The Labute approximate surface area is 184 Å². The molecular weight excluding hydrogens is 420 g/mol. The molecule has 3 N–H and O–H groups in total. The fourth-order valence-corrected chi connectivity index (χ4v) is 2.25. The zero-order valence-electron chi connectivity index (χ0n) is 23.8. The maximum Gasteiger partial charge on any atom is 0.240 e. The Hall–Kier alpha value is -3.62. The summed E-state index contributed by atoms with van der Waals surface area (Å²) in [7, 11) is 0. The first kappa shape index (κ1) is 10.1. The second kappa shape index (κ2) is 7.95. The van der Waals surface area contributed by atoms with Crippen molar-refractivity contribution in [2.45, 2.75) is 13.7 Å². The molecule has 0 bridgehead atoms. The van der Waals surface area contributed by atoms with Crippen LogP contribution >= 0.6 is 15.9 Å². The summed E-state index contributed by atoms with van der Waals surface area (Å²) in [4.78, 5) is 8.04. The molecule has 0 saturated heterocycles. The Bertz CT molecular complexity index is 1480. The molecule has 0 unspecified atom stereocenters. The summed E-state index contributed by atoms with van der Waals surface area (Å²) in [6.45, 7) is -6.26. The van der Waals surface area contributed by atoms with Crippen molar-refractivity contribution in [2.24, 2.45) is 0 Å². The van der Waals surface area contributed by atoms with Crippen molar-refractivity contribution in [3.8, 4) is 23.8 Å². The molecule has 0 radical (unpaired) electrons. The van der Waals surface area contributed by atoms with E-state index in [2.05, 4.69) is 31.2 Å². The zero-order valence-corrected chi connectivity index (χ0v) is 15.4. The number of anilines is 3. The van der Waals surface area contributed by atoms with Gasteiger partial charge in [-0.25, -0.2) is 0 Å². The highest BCUT2D eigenvalue weighted by atomic mass is 79.9. The SMILES string of the molecule is [2H]c1cc(Nc2nc(N)c(Br)c(Oc3c(C([2H])([2H])[2H])c([2H])c(C#N)c([2H])c3C([2H])([2H])[2H])n2)cc([2H])c1C#N. The summed E-state index contributed by atoms with van der Waals surface area (Å²) in [6.07, 6.45) is 0. The summed E-state index contributed by atoms with van der Waals surface area (Å²) >= 11 is 3.09. The summed E-state index contributed by atoms with van der Waals surface area (Å²) in [5, 5.41) is 21.1. The largest absolute Gasteiger partial charge is 0.437 e. The maximum absolute atomic E-state index is 9.39. The minimum absolute atomic E-state index is 0.123. The van der Waals surface area contributed by atoms with Gasteiger partial charge in [0.15, 0.2) is 0 Å². The first-order valence-electron chi connectivity index (χ1n) is 12.4. The molecule has 1 heterocycles. The van der Waals surface area contributed by atoms with E-state index in [-0.39, 0.29) is 39.6 Å². The molecule has 28 heavy (non-hydrogen) atoms. The first-order valence-corrected chi connectivity index (χ1v) is 8.18. The summed E-state index contributed by atoms with van der Waals surface area (Å²) in [5.41, 5.74) is 3.29. The number of nitrogens with two attached hydrogens (primary N) is 1. The zero-order chi connectivity index (χ0) is 28.7. The second-order valence-corrected chi connectivity index (χ2v) is 5.91. The van der Waals surface area contributed by atoms with Gasteiger partial charge in [0.2, 0.25) is 11.8 Å². The first-order chi connectivity index (χ1) is 17.5. The molecule has 7 nitrogen and oxygen atoms in total. The van der Waals surface area contributed by atoms with Crippen LogP contribution in [0.15, 0.2) is 40.8 Å². The molecule has 0 saturated carbocycles. The lowest BCUT2D eigenvalue weighted by molar-refractivity contribution is 0.453. The van der Waals surface area contributed by atoms with E-state index in [0.29, 0.717) is 0 Å². The van der Waals surface area contributed by atoms with E-state index in [9.17, 15) is 5.26 Å². The van der Waals surface area contributed by atoms with Crippen molar-refractivity contribution >= 4 is 33.4 Å². The van der Waals surface area contributed by atoms with E-state index >= 15 is 0 Å². The summed E-state index contributed by atoms with van der Waals surface area (Å²) in [5.74, 6) is -1.91.